The Kier molecular flexibility index (Phi) is 2.86. The molecule has 1 N–H and O–H groups in total. The lowest BCUT2D eigenvalue weighted by atomic mass is 10.1. The van der Waals surface area contributed by atoms with Crippen molar-refractivity contribution in [2.75, 3.05) is 18.0 Å². The quantitative estimate of drug-likeness (QED) is 0.860. The maximum Gasteiger partial charge on any atom is 0.261 e. The van der Waals surface area contributed by atoms with Crippen LogP contribution in [0.3, 0.4) is 0 Å². The van der Waals surface area contributed by atoms with E-state index in [9.17, 15) is 4.79 Å². The fraction of sp³-hybridized carbons (Fsp3) is 0.538. The lowest BCUT2D eigenvalue weighted by Crippen LogP contribution is -2.32. The first kappa shape index (κ1) is 11.7. The van der Waals surface area contributed by atoms with Gasteiger partial charge in [-0.3, -0.25) is 9.78 Å². The molecule has 1 aliphatic heterocycles. The molecule has 0 amide bonds. The van der Waals surface area contributed by atoms with Crippen LogP contribution in [0, 0.1) is 13.8 Å². The van der Waals surface area contributed by atoms with Crippen LogP contribution >= 0.6 is 11.3 Å². The van der Waals surface area contributed by atoms with Gasteiger partial charge in [0, 0.05) is 18.0 Å². The summed E-state index contributed by atoms with van der Waals surface area (Å²) in [5.41, 5.74) is 1.07. The third-order valence-corrected chi connectivity index (χ3v) is 4.78. The summed E-state index contributed by atoms with van der Waals surface area (Å²) in [4.78, 5) is 24.0. The highest BCUT2D eigenvalue weighted by Crippen LogP contribution is 2.27. The summed E-state index contributed by atoms with van der Waals surface area (Å²) in [6.45, 7) is 6.03. The molecule has 3 heterocycles. The van der Waals surface area contributed by atoms with Gasteiger partial charge in [-0.25, -0.2) is 4.98 Å². The second kappa shape index (κ2) is 4.39. The summed E-state index contributed by atoms with van der Waals surface area (Å²) in [5.74, 6) is 0.744. The molecule has 1 aliphatic rings. The number of hydrogen-bond donors (Lipinski definition) is 1. The zero-order chi connectivity index (χ0) is 12.7. The van der Waals surface area contributed by atoms with Crippen LogP contribution in [0.4, 0.5) is 5.95 Å². The van der Waals surface area contributed by atoms with E-state index in [0.29, 0.717) is 0 Å². The average Bonchev–Trinajstić information content (AvgIpc) is 2.66. The Morgan fingerprint density at radius 3 is 2.67 bits per heavy atom. The van der Waals surface area contributed by atoms with Crippen molar-refractivity contribution in [1.82, 2.24) is 9.97 Å². The van der Waals surface area contributed by atoms with Gasteiger partial charge >= 0.3 is 0 Å². The number of H-pyrrole nitrogens is 1. The Hall–Kier alpha value is -1.36. The number of rotatable bonds is 1. The van der Waals surface area contributed by atoms with E-state index in [1.807, 2.05) is 13.8 Å². The number of aromatic amines is 1. The predicted octanol–water partition coefficient (Wildman–Crippen LogP) is 2.59. The van der Waals surface area contributed by atoms with Gasteiger partial charge in [0.2, 0.25) is 5.95 Å². The highest BCUT2D eigenvalue weighted by Gasteiger charge is 2.16. The summed E-state index contributed by atoms with van der Waals surface area (Å²) >= 11 is 1.61. The molecule has 0 saturated carbocycles. The van der Waals surface area contributed by atoms with Gasteiger partial charge in [-0.2, -0.15) is 0 Å². The Labute approximate surface area is 110 Å². The van der Waals surface area contributed by atoms with Crippen LogP contribution in [0.2, 0.25) is 0 Å². The van der Waals surface area contributed by atoms with Crippen molar-refractivity contribution >= 4 is 27.5 Å². The third kappa shape index (κ3) is 1.82. The minimum atomic E-state index is 0.00224. The lowest BCUT2D eigenvalue weighted by molar-refractivity contribution is 0.568. The van der Waals surface area contributed by atoms with Crippen molar-refractivity contribution < 1.29 is 0 Å². The highest BCUT2D eigenvalue weighted by molar-refractivity contribution is 7.18. The van der Waals surface area contributed by atoms with Crippen LogP contribution in [0.25, 0.3) is 10.2 Å². The number of nitrogens with one attached hydrogen (secondary N) is 1. The summed E-state index contributed by atoms with van der Waals surface area (Å²) in [7, 11) is 0. The molecule has 2 aromatic rings. The number of hydrogen-bond acceptors (Lipinski definition) is 4. The monoisotopic (exact) mass is 263 g/mol. The predicted molar refractivity (Wildman–Crippen MR) is 75.8 cm³/mol. The molecule has 5 heteroatoms. The number of anilines is 1. The molecular weight excluding hydrogens is 246 g/mol. The number of fused-ring (bicyclic) bond motifs is 1. The van der Waals surface area contributed by atoms with E-state index in [1.165, 1.54) is 24.1 Å². The van der Waals surface area contributed by atoms with Crippen LogP contribution in [0.5, 0.6) is 0 Å². The zero-order valence-corrected chi connectivity index (χ0v) is 11.6. The summed E-state index contributed by atoms with van der Waals surface area (Å²) in [6, 6.07) is 0. The third-order valence-electron chi connectivity index (χ3n) is 3.68. The van der Waals surface area contributed by atoms with E-state index >= 15 is 0 Å². The first-order valence-electron chi connectivity index (χ1n) is 6.42. The molecule has 0 atom stereocenters. The zero-order valence-electron chi connectivity index (χ0n) is 10.7. The summed E-state index contributed by atoms with van der Waals surface area (Å²) < 4.78 is 0. The molecule has 96 valence electrons. The van der Waals surface area contributed by atoms with Crippen LogP contribution in [-0.4, -0.2) is 23.1 Å². The summed E-state index contributed by atoms with van der Waals surface area (Å²) in [5, 5.41) is 0.762. The van der Waals surface area contributed by atoms with E-state index in [2.05, 4.69) is 14.9 Å². The van der Waals surface area contributed by atoms with E-state index in [1.54, 1.807) is 11.3 Å². The van der Waals surface area contributed by atoms with Gasteiger partial charge in [0.25, 0.3) is 5.56 Å². The number of piperidine rings is 1. The van der Waals surface area contributed by atoms with Gasteiger partial charge in [-0.1, -0.05) is 0 Å². The number of thiophene rings is 1. The Bertz CT molecular complexity index is 637. The van der Waals surface area contributed by atoms with Crippen molar-refractivity contribution in [2.24, 2.45) is 0 Å². The Balaban J connectivity index is 2.12. The minimum absolute atomic E-state index is 0.00224. The Morgan fingerprint density at radius 1 is 1.22 bits per heavy atom. The van der Waals surface area contributed by atoms with Gasteiger partial charge in [0.15, 0.2) is 0 Å². The van der Waals surface area contributed by atoms with Crippen LogP contribution in [0.15, 0.2) is 4.79 Å². The average molecular weight is 263 g/mol. The smallest absolute Gasteiger partial charge is 0.261 e. The summed E-state index contributed by atoms with van der Waals surface area (Å²) in [6.07, 6.45) is 3.65. The number of nitrogens with zero attached hydrogens (tertiary/aromatic N) is 2. The highest BCUT2D eigenvalue weighted by atomic mass is 32.1. The maximum atomic E-state index is 12.2. The molecule has 0 spiro atoms. The van der Waals surface area contributed by atoms with Crippen molar-refractivity contribution in [1.29, 1.82) is 0 Å². The minimum Gasteiger partial charge on any atom is -0.342 e. The number of aromatic nitrogens is 2. The van der Waals surface area contributed by atoms with Gasteiger partial charge in [-0.05, 0) is 38.7 Å². The second-order valence-electron chi connectivity index (χ2n) is 4.90. The van der Waals surface area contributed by atoms with Gasteiger partial charge in [-0.15, -0.1) is 11.3 Å². The van der Waals surface area contributed by atoms with Crippen molar-refractivity contribution in [3.8, 4) is 0 Å². The molecule has 0 unspecified atom stereocenters. The molecule has 0 bridgehead atoms. The van der Waals surface area contributed by atoms with Crippen molar-refractivity contribution in [3.05, 3.63) is 20.8 Å². The topological polar surface area (TPSA) is 49.0 Å². The van der Waals surface area contributed by atoms with Gasteiger partial charge in [0.05, 0.1) is 5.39 Å². The van der Waals surface area contributed by atoms with Crippen molar-refractivity contribution in [3.63, 3.8) is 0 Å². The second-order valence-corrected chi connectivity index (χ2v) is 6.10. The maximum absolute atomic E-state index is 12.2. The van der Waals surface area contributed by atoms with E-state index in [0.717, 1.165) is 34.8 Å². The van der Waals surface area contributed by atoms with E-state index in [-0.39, 0.29) is 5.56 Å². The standard InChI is InChI=1S/C13H17N3OS/c1-8-9(2)18-12-10(8)11(17)14-13(15-12)16-6-4-3-5-7-16/h3-7H2,1-2H3,(H,14,15,17). The van der Waals surface area contributed by atoms with E-state index in [4.69, 9.17) is 0 Å². The fourth-order valence-electron chi connectivity index (χ4n) is 2.50. The van der Waals surface area contributed by atoms with E-state index < -0.39 is 0 Å². The molecule has 1 saturated heterocycles. The SMILES string of the molecule is Cc1sc2nc(N3CCCCC3)[nH]c(=O)c2c1C. The van der Waals surface area contributed by atoms with Crippen LogP contribution in [-0.2, 0) is 0 Å². The van der Waals surface area contributed by atoms with Gasteiger partial charge in [0.1, 0.15) is 4.83 Å². The lowest BCUT2D eigenvalue weighted by Gasteiger charge is -2.26. The van der Waals surface area contributed by atoms with Crippen LogP contribution < -0.4 is 10.5 Å². The first-order chi connectivity index (χ1) is 8.66. The molecule has 0 aliphatic carbocycles. The molecule has 1 fully saturated rings. The molecule has 4 nitrogen and oxygen atoms in total. The largest absolute Gasteiger partial charge is 0.342 e. The van der Waals surface area contributed by atoms with Crippen LogP contribution in [0.1, 0.15) is 29.7 Å². The Morgan fingerprint density at radius 2 is 1.94 bits per heavy atom. The molecule has 0 aromatic carbocycles. The molecule has 18 heavy (non-hydrogen) atoms. The normalized spacial score (nSPS) is 16.4. The fourth-order valence-corrected chi connectivity index (χ4v) is 3.52. The van der Waals surface area contributed by atoms with Gasteiger partial charge < -0.3 is 4.90 Å². The molecule has 2 aromatic heterocycles. The van der Waals surface area contributed by atoms with Crippen molar-refractivity contribution in [2.45, 2.75) is 33.1 Å². The first-order valence-corrected chi connectivity index (χ1v) is 7.23. The molecule has 3 rings (SSSR count). The molecular formula is C13H17N3OS. The number of aryl methyl sites for hydroxylation is 2. The molecule has 0 radical (unpaired) electrons.